The van der Waals surface area contributed by atoms with Gasteiger partial charge in [-0.2, -0.15) is 0 Å². The molecule has 2 rings (SSSR count). The molecule has 0 fully saturated rings. The van der Waals surface area contributed by atoms with E-state index in [0.717, 1.165) is 33.0 Å². The van der Waals surface area contributed by atoms with E-state index in [2.05, 4.69) is 26.2 Å². The van der Waals surface area contributed by atoms with Crippen LogP contribution in [0.25, 0.3) is 0 Å². The van der Waals surface area contributed by atoms with Crippen molar-refractivity contribution in [3.05, 3.63) is 44.3 Å². The summed E-state index contributed by atoms with van der Waals surface area (Å²) < 4.78 is 6.81. The molecule has 0 aliphatic rings. The summed E-state index contributed by atoms with van der Waals surface area (Å²) in [6.45, 7) is 3.35. The Balaban J connectivity index is 1.99. The second-order valence-corrected chi connectivity index (χ2v) is 5.82. The smallest absolute Gasteiger partial charge is 0.131 e. The van der Waals surface area contributed by atoms with Crippen LogP contribution in [-0.4, -0.2) is 12.0 Å². The van der Waals surface area contributed by atoms with Gasteiger partial charge in [-0.05, 0) is 31.7 Å². The number of aromatic nitrogens is 1. The number of benzene rings is 1. The third-order valence-corrected chi connectivity index (χ3v) is 3.84. The minimum atomic E-state index is 0.511. The van der Waals surface area contributed by atoms with Crippen molar-refractivity contribution < 1.29 is 4.74 Å². The van der Waals surface area contributed by atoms with Gasteiger partial charge in [0.15, 0.2) is 0 Å². The van der Waals surface area contributed by atoms with Gasteiger partial charge in [0.05, 0.1) is 5.69 Å². The van der Waals surface area contributed by atoms with E-state index < -0.39 is 0 Å². The van der Waals surface area contributed by atoms with Crippen LogP contribution >= 0.6 is 27.3 Å². The summed E-state index contributed by atoms with van der Waals surface area (Å²) in [5, 5.41) is 6.22. The van der Waals surface area contributed by atoms with E-state index in [1.54, 1.807) is 11.3 Å². The van der Waals surface area contributed by atoms with Crippen molar-refractivity contribution in [3.63, 3.8) is 0 Å². The summed E-state index contributed by atoms with van der Waals surface area (Å²) >= 11 is 5.10. The van der Waals surface area contributed by atoms with Gasteiger partial charge in [-0.3, -0.25) is 0 Å². The third-order valence-electron chi connectivity index (χ3n) is 2.45. The summed E-state index contributed by atoms with van der Waals surface area (Å²) in [5.74, 6) is 0.896. The number of ether oxygens (including phenoxy) is 1. The second kappa shape index (κ2) is 6.31. The van der Waals surface area contributed by atoms with Crippen LogP contribution in [0.1, 0.15) is 16.3 Å². The van der Waals surface area contributed by atoms with Crippen molar-refractivity contribution in [2.45, 2.75) is 20.1 Å². The molecule has 1 aromatic carbocycles. The first kappa shape index (κ1) is 13.5. The molecule has 0 spiro atoms. The Hall–Kier alpha value is -0.910. The Bertz CT molecular complexity index is 527. The average molecular weight is 327 g/mol. The molecule has 0 radical (unpaired) electrons. The standard InChI is InChI=1S/C13H15BrN2OS/c1-9-3-4-10(14)5-12(9)17-7-11-8-18-13(16-11)6-15-2/h3-5,8,15H,6-7H2,1-2H3. The zero-order valence-electron chi connectivity index (χ0n) is 10.4. The van der Waals surface area contributed by atoms with Gasteiger partial charge < -0.3 is 10.1 Å². The Labute approximate surface area is 119 Å². The molecule has 0 amide bonds. The number of aryl methyl sites for hydroxylation is 1. The van der Waals surface area contributed by atoms with E-state index in [0.29, 0.717) is 6.61 Å². The minimum absolute atomic E-state index is 0.511. The SMILES string of the molecule is CNCc1nc(COc2cc(Br)ccc2C)cs1. The van der Waals surface area contributed by atoms with Crippen LogP contribution < -0.4 is 10.1 Å². The van der Waals surface area contributed by atoms with Crippen LogP contribution in [0, 0.1) is 6.92 Å². The van der Waals surface area contributed by atoms with Gasteiger partial charge in [0.2, 0.25) is 0 Å². The molecule has 1 heterocycles. The number of thiazole rings is 1. The molecular weight excluding hydrogens is 312 g/mol. The monoisotopic (exact) mass is 326 g/mol. The molecule has 0 aliphatic carbocycles. The fourth-order valence-corrected chi connectivity index (χ4v) is 2.66. The molecule has 3 nitrogen and oxygen atoms in total. The molecule has 1 N–H and O–H groups in total. The van der Waals surface area contributed by atoms with Gasteiger partial charge in [0.25, 0.3) is 0 Å². The van der Waals surface area contributed by atoms with Gasteiger partial charge in [0, 0.05) is 16.4 Å². The molecular formula is C13H15BrN2OS. The topological polar surface area (TPSA) is 34.2 Å². The second-order valence-electron chi connectivity index (χ2n) is 3.96. The predicted octanol–water partition coefficient (Wildman–Crippen LogP) is 3.51. The largest absolute Gasteiger partial charge is 0.487 e. The van der Waals surface area contributed by atoms with Gasteiger partial charge in [-0.15, -0.1) is 11.3 Å². The molecule has 5 heteroatoms. The molecule has 2 aromatic rings. The molecule has 0 unspecified atom stereocenters. The van der Waals surface area contributed by atoms with E-state index in [1.807, 2.05) is 37.6 Å². The molecule has 1 aromatic heterocycles. The van der Waals surface area contributed by atoms with Gasteiger partial charge in [0.1, 0.15) is 17.4 Å². The number of nitrogens with zero attached hydrogens (tertiary/aromatic N) is 1. The molecule has 96 valence electrons. The highest BCUT2D eigenvalue weighted by Crippen LogP contribution is 2.24. The maximum Gasteiger partial charge on any atom is 0.131 e. The Morgan fingerprint density at radius 1 is 1.44 bits per heavy atom. The zero-order valence-corrected chi connectivity index (χ0v) is 12.8. The highest BCUT2D eigenvalue weighted by atomic mass is 79.9. The van der Waals surface area contributed by atoms with E-state index in [-0.39, 0.29) is 0 Å². The third kappa shape index (κ3) is 3.54. The van der Waals surface area contributed by atoms with Crippen LogP contribution in [0.3, 0.4) is 0 Å². The number of halogens is 1. The van der Waals surface area contributed by atoms with E-state index in [9.17, 15) is 0 Å². The zero-order chi connectivity index (χ0) is 13.0. The lowest BCUT2D eigenvalue weighted by atomic mass is 10.2. The van der Waals surface area contributed by atoms with Gasteiger partial charge in [-0.25, -0.2) is 4.98 Å². The van der Waals surface area contributed by atoms with E-state index in [4.69, 9.17) is 4.74 Å². The summed E-state index contributed by atoms with van der Waals surface area (Å²) in [6.07, 6.45) is 0. The fourth-order valence-electron chi connectivity index (χ4n) is 1.53. The van der Waals surface area contributed by atoms with E-state index >= 15 is 0 Å². The lowest BCUT2D eigenvalue weighted by molar-refractivity contribution is 0.299. The van der Waals surface area contributed by atoms with Crippen LogP contribution in [0.2, 0.25) is 0 Å². The number of rotatable bonds is 5. The number of hydrogen-bond donors (Lipinski definition) is 1. The maximum absolute atomic E-state index is 5.79. The van der Waals surface area contributed by atoms with Crippen molar-refractivity contribution in [2.24, 2.45) is 0 Å². The lowest BCUT2D eigenvalue weighted by Crippen LogP contribution is -2.05. The van der Waals surface area contributed by atoms with Crippen molar-refractivity contribution in [3.8, 4) is 5.75 Å². The Morgan fingerprint density at radius 3 is 3.06 bits per heavy atom. The number of hydrogen-bond acceptors (Lipinski definition) is 4. The van der Waals surface area contributed by atoms with Crippen LogP contribution in [-0.2, 0) is 13.2 Å². The average Bonchev–Trinajstić information content (AvgIpc) is 2.79. The molecule has 0 saturated heterocycles. The van der Waals surface area contributed by atoms with Crippen molar-refractivity contribution in [1.82, 2.24) is 10.3 Å². The quantitative estimate of drug-likeness (QED) is 0.912. The lowest BCUT2D eigenvalue weighted by Gasteiger charge is -2.07. The van der Waals surface area contributed by atoms with Crippen LogP contribution in [0.4, 0.5) is 0 Å². The summed E-state index contributed by atoms with van der Waals surface area (Å²) in [7, 11) is 1.92. The highest BCUT2D eigenvalue weighted by Gasteiger charge is 2.04. The molecule has 0 atom stereocenters. The van der Waals surface area contributed by atoms with Crippen molar-refractivity contribution in [1.29, 1.82) is 0 Å². The Kier molecular flexibility index (Phi) is 4.74. The van der Waals surface area contributed by atoms with Gasteiger partial charge >= 0.3 is 0 Å². The number of nitrogens with one attached hydrogen (secondary N) is 1. The molecule has 18 heavy (non-hydrogen) atoms. The predicted molar refractivity (Wildman–Crippen MR) is 78.1 cm³/mol. The van der Waals surface area contributed by atoms with Crippen molar-refractivity contribution in [2.75, 3.05) is 7.05 Å². The summed E-state index contributed by atoms with van der Waals surface area (Å²) in [6, 6.07) is 6.03. The molecule has 0 bridgehead atoms. The minimum Gasteiger partial charge on any atom is -0.487 e. The summed E-state index contributed by atoms with van der Waals surface area (Å²) in [4.78, 5) is 4.49. The van der Waals surface area contributed by atoms with Crippen LogP contribution in [0.5, 0.6) is 5.75 Å². The Morgan fingerprint density at radius 2 is 2.28 bits per heavy atom. The maximum atomic E-state index is 5.79. The summed E-state index contributed by atoms with van der Waals surface area (Å²) in [5.41, 5.74) is 2.11. The highest BCUT2D eigenvalue weighted by molar-refractivity contribution is 9.10. The first-order valence-corrected chi connectivity index (χ1v) is 7.33. The first-order chi connectivity index (χ1) is 8.69. The van der Waals surface area contributed by atoms with Crippen LogP contribution in [0.15, 0.2) is 28.1 Å². The first-order valence-electron chi connectivity index (χ1n) is 5.66. The van der Waals surface area contributed by atoms with Gasteiger partial charge in [-0.1, -0.05) is 22.0 Å². The fraction of sp³-hybridized carbons (Fsp3) is 0.308. The van der Waals surface area contributed by atoms with E-state index in [1.165, 1.54) is 0 Å². The normalized spacial score (nSPS) is 10.6. The molecule has 0 saturated carbocycles. The molecule has 0 aliphatic heterocycles. The van der Waals surface area contributed by atoms with Crippen molar-refractivity contribution >= 4 is 27.3 Å².